The Hall–Kier alpha value is -2.55. The van der Waals surface area contributed by atoms with Gasteiger partial charge in [0, 0.05) is 51.1 Å². The topological polar surface area (TPSA) is 93.0 Å². The van der Waals surface area contributed by atoms with Crippen LogP contribution in [0.4, 0.5) is 9.93 Å². The molecule has 3 saturated heterocycles. The number of carbonyl (C=O) groups excluding carboxylic acids is 2. The molecular formula is C25H32N6O3S2. The Morgan fingerprint density at radius 1 is 1.17 bits per heavy atom. The molecule has 9 nitrogen and oxygen atoms in total. The van der Waals surface area contributed by atoms with E-state index in [1.807, 2.05) is 43.9 Å². The minimum atomic E-state index is -0.608. The number of aromatic nitrogens is 1. The Bertz CT molecular complexity index is 1170. The number of thiazole rings is 1. The van der Waals surface area contributed by atoms with Crippen LogP contribution in [-0.4, -0.2) is 100 Å². The van der Waals surface area contributed by atoms with Gasteiger partial charge in [-0.2, -0.15) is 5.26 Å². The fraction of sp³-hybridized carbons (Fsp3) is 0.600. The molecule has 3 aliphatic heterocycles. The van der Waals surface area contributed by atoms with Crippen LogP contribution in [0.25, 0.3) is 10.2 Å². The van der Waals surface area contributed by atoms with E-state index in [0.29, 0.717) is 24.4 Å². The molecule has 2 aromatic rings. The van der Waals surface area contributed by atoms with E-state index in [4.69, 9.17) is 15.0 Å². The number of ether oxygens (including phenoxy) is 1. The molecule has 1 aromatic heterocycles. The molecule has 0 radical (unpaired) electrons. The van der Waals surface area contributed by atoms with Gasteiger partial charge in [0.25, 0.3) is 0 Å². The third kappa shape index (κ3) is 5.26. The van der Waals surface area contributed by atoms with Crippen molar-refractivity contribution in [2.75, 3.05) is 55.8 Å². The third-order valence-electron chi connectivity index (χ3n) is 6.86. The molecule has 0 aliphatic carbocycles. The second kappa shape index (κ2) is 10.1. The van der Waals surface area contributed by atoms with Crippen molar-refractivity contribution >= 4 is 50.4 Å². The van der Waals surface area contributed by atoms with Crippen molar-refractivity contribution in [3.63, 3.8) is 0 Å². The Balaban J connectivity index is 1.26. The zero-order valence-electron chi connectivity index (χ0n) is 21.0. The van der Waals surface area contributed by atoms with Crippen LogP contribution in [0.3, 0.4) is 0 Å². The molecule has 0 spiro atoms. The van der Waals surface area contributed by atoms with Crippen LogP contribution < -0.4 is 4.90 Å². The number of benzene rings is 1. The molecule has 192 valence electrons. The fourth-order valence-electron chi connectivity index (χ4n) is 5.03. The van der Waals surface area contributed by atoms with Gasteiger partial charge in [-0.05, 0) is 45.4 Å². The molecule has 3 fully saturated rings. The maximum Gasteiger partial charge on any atom is 0.411 e. The summed E-state index contributed by atoms with van der Waals surface area (Å²) in [5.74, 6) is 1.68. The van der Waals surface area contributed by atoms with Gasteiger partial charge in [-0.25, -0.2) is 9.78 Å². The van der Waals surface area contributed by atoms with Crippen molar-refractivity contribution in [3.8, 4) is 6.07 Å². The lowest BCUT2D eigenvalue weighted by molar-refractivity contribution is -0.134. The van der Waals surface area contributed by atoms with Crippen LogP contribution in [0.15, 0.2) is 18.2 Å². The average molecular weight is 529 g/mol. The number of hydrogen-bond acceptors (Lipinski definition) is 9. The maximum absolute atomic E-state index is 13.3. The first-order chi connectivity index (χ1) is 17.2. The summed E-state index contributed by atoms with van der Waals surface area (Å²) < 4.78 is 6.76. The summed E-state index contributed by atoms with van der Waals surface area (Å²) >= 11 is 3.40. The van der Waals surface area contributed by atoms with Crippen LogP contribution in [-0.2, 0) is 9.53 Å². The van der Waals surface area contributed by atoms with Crippen LogP contribution in [0.5, 0.6) is 0 Å². The molecule has 11 heteroatoms. The number of anilines is 1. The first kappa shape index (κ1) is 25.1. The molecule has 1 aromatic carbocycles. The van der Waals surface area contributed by atoms with E-state index in [-0.39, 0.29) is 11.9 Å². The van der Waals surface area contributed by atoms with Crippen molar-refractivity contribution < 1.29 is 14.3 Å². The monoisotopic (exact) mass is 528 g/mol. The average Bonchev–Trinajstić information content (AvgIpc) is 3.61. The van der Waals surface area contributed by atoms with Crippen molar-refractivity contribution in [3.05, 3.63) is 23.8 Å². The largest absolute Gasteiger partial charge is 0.444 e. The highest BCUT2D eigenvalue weighted by molar-refractivity contribution is 7.99. The molecule has 3 aliphatic rings. The SMILES string of the molecule is CC(C)(C)OC(=O)N1C[C@@H](N2CCN(c3nc4cc(C#N)ccc4s3)CC2)C[C@H]1C(=O)N1CCSC1. The van der Waals surface area contributed by atoms with Crippen LogP contribution in [0.1, 0.15) is 32.8 Å². The number of likely N-dealkylation sites (tertiary alicyclic amines) is 1. The van der Waals surface area contributed by atoms with E-state index in [9.17, 15) is 9.59 Å². The van der Waals surface area contributed by atoms with Gasteiger partial charge in [-0.3, -0.25) is 14.6 Å². The highest BCUT2D eigenvalue weighted by Crippen LogP contribution is 2.32. The highest BCUT2D eigenvalue weighted by Gasteiger charge is 2.45. The number of amides is 2. The van der Waals surface area contributed by atoms with E-state index in [1.54, 1.807) is 28.0 Å². The lowest BCUT2D eigenvalue weighted by Gasteiger charge is -2.37. The maximum atomic E-state index is 13.3. The Morgan fingerprint density at radius 2 is 1.94 bits per heavy atom. The van der Waals surface area contributed by atoms with Gasteiger partial charge in [0.2, 0.25) is 5.91 Å². The zero-order chi connectivity index (χ0) is 25.4. The van der Waals surface area contributed by atoms with E-state index in [0.717, 1.165) is 53.8 Å². The lowest BCUT2D eigenvalue weighted by atomic mass is 10.1. The molecule has 2 atom stereocenters. The van der Waals surface area contributed by atoms with E-state index < -0.39 is 17.7 Å². The molecule has 2 amide bonds. The fourth-order valence-corrected chi connectivity index (χ4v) is 6.98. The van der Waals surface area contributed by atoms with Crippen LogP contribution >= 0.6 is 23.1 Å². The van der Waals surface area contributed by atoms with Gasteiger partial charge in [0.15, 0.2) is 5.13 Å². The number of rotatable bonds is 3. The number of fused-ring (bicyclic) bond motifs is 1. The second-order valence-electron chi connectivity index (χ2n) is 10.5. The predicted molar refractivity (Wildman–Crippen MR) is 142 cm³/mol. The molecular weight excluding hydrogens is 496 g/mol. The Labute approximate surface area is 220 Å². The molecule has 36 heavy (non-hydrogen) atoms. The van der Waals surface area contributed by atoms with Gasteiger partial charge in [0.05, 0.1) is 27.7 Å². The summed E-state index contributed by atoms with van der Waals surface area (Å²) in [4.78, 5) is 39.4. The standard InChI is InChI=1S/C25H32N6O3S2/c1-25(2,3)34-24(33)31-15-18(13-20(31)22(32)30-10-11-35-16-30)28-6-8-29(9-7-28)23-27-19-12-17(14-26)4-5-21(19)36-23/h4-5,12,18,20H,6-11,13,15-16H2,1-3H3/t18-,20-/m0/s1. The smallest absolute Gasteiger partial charge is 0.411 e. The summed E-state index contributed by atoms with van der Waals surface area (Å²) in [6.07, 6.45) is 0.233. The van der Waals surface area contributed by atoms with Crippen molar-refractivity contribution in [2.45, 2.75) is 44.9 Å². The van der Waals surface area contributed by atoms with Crippen LogP contribution in [0, 0.1) is 11.3 Å². The predicted octanol–water partition coefficient (Wildman–Crippen LogP) is 3.20. The highest BCUT2D eigenvalue weighted by atomic mass is 32.2. The molecule has 5 rings (SSSR count). The van der Waals surface area contributed by atoms with E-state index >= 15 is 0 Å². The quantitative estimate of drug-likeness (QED) is 0.600. The van der Waals surface area contributed by atoms with E-state index in [2.05, 4.69) is 15.9 Å². The number of nitrogens with zero attached hydrogens (tertiary/aromatic N) is 6. The number of nitriles is 1. The first-order valence-electron chi connectivity index (χ1n) is 12.4. The number of carbonyl (C=O) groups is 2. The summed E-state index contributed by atoms with van der Waals surface area (Å²) in [6.45, 7) is 10.1. The molecule has 0 N–H and O–H groups in total. The third-order valence-corrected chi connectivity index (χ3v) is 8.93. The minimum absolute atomic E-state index is 0.0400. The normalized spacial score (nSPS) is 23.3. The number of thioether (sulfide) groups is 1. The Kier molecular flexibility index (Phi) is 7.03. The molecule has 0 saturated carbocycles. The lowest BCUT2D eigenvalue weighted by Crippen LogP contribution is -2.51. The van der Waals surface area contributed by atoms with Crippen molar-refractivity contribution in [2.24, 2.45) is 0 Å². The summed E-state index contributed by atoms with van der Waals surface area (Å²) in [5, 5.41) is 10.1. The van der Waals surface area contributed by atoms with Gasteiger partial charge in [-0.1, -0.05) is 11.3 Å². The zero-order valence-corrected chi connectivity index (χ0v) is 22.6. The summed E-state index contributed by atoms with van der Waals surface area (Å²) in [5.41, 5.74) is 0.877. The minimum Gasteiger partial charge on any atom is -0.444 e. The number of hydrogen-bond donors (Lipinski definition) is 0. The summed E-state index contributed by atoms with van der Waals surface area (Å²) in [6, 6.07) is 7.46. The van der Waals surface area contributed by atoms with Gasteiger partial charge < -0.3 is 14.5 Å². The molecule has 4 heterocycles. The van der Waals surface area contributed by atoms with Gasteiger partial charge in [-0.15, -0.1) is 11.8 Å². The number of piperazine rings is 1. The first-order valence-corrected chi connectivity index (χ1v) is 14.3. The van der Waals surface area contributed by atoms with Gasteiger partial charge in [0.1, 0.15) is 11.6 Å². The van der Waals surface area contributed by atoms with Gasteiger partial charge >= 0.3 is 6.09 Å². The molecule has 0 unspecified atom stereocenters. The Morgan fingerprint density at radius 3 is 2.61 bits per heavy atom. The second-order valence-corrected chi connectivity index (χ2v) is 12.6. The summed E-state index contributed by atoms with van der Waals surface area (Å²) in [7, 11) is 0. The van der Waals surface area contributed by atoms with Crippen LogP contribution in [0.2, 0.25) is 0 Å². The van der Waals surface area contributed by atoms with Crippen molar-refractivity contribution in [1.29, 1.82) is 5.26 Å². The molecule has 0 bridgehead atoms. The van der Waals surface area contributed by atoms with E-state index in [1.165, 1.54) is 0 Å². The van der Waals surface area contributed by atoms with Crippen molar-refractivity contribution in [1.82, 2.24) is 19.7 Å².